The highest BCUT2D eigenvalue weighted by atomic mass is 16.6. The lowest BCUT2D eigenvalue weighted by atomic mass is 10.1. The molecule has 16 heavy (non-hydrogen) atoms. The molecule has 0 saturated carbocycles. The second-order valence-electron chi connectivity index (χ2n) is 4.99. The molecule has 1 atom stereocenters. The van der Waals surface area contributed by atoms with E-state index in [2.05, 4.69) is 0 Å². The van der Waals surface area contributed by atoms with E-state index in [1.165, 1.54) is 0 Å². The van der Waals surface area contributed by atoms with E-state index in [-0.39, 0.29) is 18.4 Å². The van der Waals surface area contributed by atoms with Crippen LogP contribution < -0.4 is 0 Å². The Morgan fingerprint density at radius 3 is 2.31 bits per heavy atom. The van der Waals surface area contributed by atoms with Crippen LogP contribution in [0.15, 0.2) is 11.1 Å². The van der Waals surface area contributed by atoms with Crippen molar-refractivity contribution in [1.82, 2.24) is 0 Å². The molecule has 1 aliphatic rings. The fourth-order valence-corrected chi connectivity index (χ4v) is 1.44. The van der Waals surface area contributed by atoms with Gasteiger partial charge in [-0.05, 0) is 40.2 Å². The molecule has 0 amide bonds. The molecular weight excluding hydrogens is 208 g/mol. The summed E-state index contributed by atoms with van der Waals surface area (Å²) in [6, 6.07) is 0. The largest absolute Gasteiger partial charge is 0.460 e. The van der Waals surface area contributed by atoms with Gasteiger partial charge in [0.1, 0.15) is 11.7 Å². The minimum atomic E-state index is -0.508. The Labute approximate surface area is 95.6 Å². The third kappa shape index (κ3) is 3.08. The van der Waals surface area contributed by atoms with Gasteiger partial charge >= 0.3 is 11.9 Å². The van der Waals surface area contributed by atoms with Crippen molar-refractivity contribution in [3.8, 4) is 0 Å². The van der Waals surface area contributed by atoms with Gasteiger partial charge in [-0.1, -0.05) is 0 Å². The zero-order valence-electron chi connectivity index (χ0n) is 10.4. The van der Waals surface area contributed by atoms with E-state index in [0.717, 1.165) is 5.57 Å². The summed E-state index contributed by atoms with van der Waals surface area (Å²) >= 11 is 0. The Morgan fingerprint density at radius 1 is 1.38 bits per heavy atom. The molecule has 0 aromatic rings. The first kappa shape index (κ1) is 12.7. The van der Waals surface area contributed by atoms with Crippen LogP contribution in [0.4, 0.5) is 0 Å². The van der Waals surface area contributed by atoms with Gasteiger partial charge in [-0.3, -0.25) is 4.79 Å². The molecule has 0 spiro atoms. The molecule has 0 bridgehead atoms. The van der Waals surface area contributed by atoms with Gasteiger partial charge in [-0.25, -0.2) is 4.79 Å². The number of ether oxygens (including phenoxy) is 2. The molecule has 1 rings (SSSR count). The van der Waals surface area contributed by atoms with Gasteiger partial charge in [-0.15, -0.1) is 0 Å². The fourth-order valence-electron chi connectivity index (χ4n) is 1.44. The Bertz CT molecular complexity index is 347. The SMILES string of the molecule is CC1=C(C)C(CC(=O)OC(C)(C)C)OC1=O. The summed E-state index contributed by atoms with van der Waals surface area (Å²) in [5.74, 6) is -0.689. The quantitative estimate of drug-likeness (QED) is 0.675. The number of carbonyl (C=O) groups excluding carboxylic acids is 2. The lowest BCUT2D eigenvalue weighted by molar-refractivity contribution is -0.158. The second-order valence-corrected chi connectivity index (χ2v) is 4.99. The summed E-state index contributed by atoms with van der Waals surface area (Å²) in [4.78, 5) is 22.8. The standard InChI is InChI=1S/C12H18O4/c1-7-8(2)11(14)15-9(7)6-10(13)16-12(3,4)5/h9H,6H2,1-5H3. The van der Waals surface area contributed by atoms with Gasteiger partial charge in [0.05, 0.1) is 6.42 Å². The van der Waals surface area contributed by atoms with Gasteiger partial charge in [-0.2, -0.15) is 0 Å². The molecule has 0 N–H and O–H groups in total. The third-order valence-corrected chi connectivity index (χ3v) is 2.40. The average molecular weight is 226 g/mol. The van der Waals surface area contributed by atoms with E-state index in [9.17, 15) is 9.59 Å². The normalized spacial score (nSPS) is 21.1. The molecule has 0 aliphatic carbocycles. The summed E-state index contributed by atoms with van der Waals surface area (Å²) in [5.41, 5.74) is 0.899. The smallest absolute Gasteiger partial charge is 0.334 e. The summed E-state index contributed by atoms with van der Waals surface area (Å²) in [7, 11) is 0. The molecule has 0 saturated heterocycles. The zero-order valence-corrected chi connectivity index (χ0v) is 10.4. The molecule has 90 valence electrons. The molecule has 4 nitrogen and oxygen atoms in total. The Kier molecular flexibility index (Phi) is 3.41. The van der Waals surface area contributed by atoms with Crippen LogP contribution in [-0.4, -0.2) is 23.6 Å². The van der Waals surface area contributed by atoms with Gasteiger partial charge in [0.25, 0.3) is 0 Å². The van der Waals surface area contributed by atoms with Crippen LogP contribution in [0.25, 0.3) is 0 Å². The lowest BCUT2D eigenvalue weighted by Gasteiger charge is -2.20. The molecule has 0 aromatic carbocycles. The minimum Gasteiger partial charge on any atom is -0.460 e. The van der Waals surface area contributed by atoms with Crippen molar-refractivity contribution in [2.45, 2.75) is 52.7 Å². The maximum atomic E-state index is 11.5. The highest BCUT2D eigenvalue weighted by molar-refractivity contribution is 5.92. The van der Waals surface area contributed by atoms with Gasteiger partial charge < -0.3 is 9.47 Å². The topological polar surface area (TPSA) is 52.6 Å². The predicted octanol–water partition coefficient (Wildman–Crippen LogP) is 1.98. The molecule has 0 fully saturated rings. The first-order valence-electron chi connectivity index (χ1n) is 5.31. The predicted molar refractivity (Wildman–Crippen MR) is 58.7 cm³/mol. The van der Waals surface area contributed by atoms with E-state index in [0.29, 0.717) is 5.57 Å². The zero-order chi connectivity index (χ0) is 12.5. The van der Waals surface area contributed by atoms with Gasteiger partial charge in [0, 0.05) is 5.57 Å². The van der Waals surface area contributed by atoms with E-state index < -0.39 is 11.7 Å². The highest BCUT2D eigenvalue weighted by Crippen LogP contribution is 2.25. The molecule has 0 aromatic heterocycles. The molecule has 1 aliphatic heterocycles. The lowest BCUT2D eigenvalue weighted by Crippen LogP contribution is -2.27. The van der Waals surface area contributed by atoms with Crippen molar-refractivity contribution in [2.75, 3.05) is 0 Å². The van der Waals surface area contributed by atoms with Gasteiger partial charge in [0.15, 0.2) is 0 Å². The monoisotopic (exact) mass is 226 g/mol. The van der Waals surface area contributed by atoms with Gasteiger partial charge in [0.2, 0.25) is 0 Å². The Hall–Kier alpha value is -1.32. The first-order chi connectivity index (χ1) is 7.20. The average Bonchev–Trinajstić information content (AvgIpc) is 2.30. The summed E-state index contributed by atoms with van der Waals surface area (Å²) in [6.45, 7) is 8.92. The van der Waals surface area contributed by atoms with Crippen molar-refractivity contribution in [2.24, 2.45) is 0 Å². The van der Waals surface area contributed by atoms with Crippen LogP contribution in [0.5, 0.6) is 0 Å². The van der Waals surface area contributed by atoms with Crippen molar-refractivity contribution in [1.29, 1.82) is 0 Å². The third-order valence-electron chi connectivity index (χ3n) is 2.40. The number of esters is 2. The Morgan fingerprint density at radius 2 is 1.94 bits per heavy atom. The number of hydrogen-bond acceptors (Lipinski definition) is 4. The maximum absolute atomic E-state index is 11.5. The molecule has 0 radical (unpaired) electrons. The molecule has 4 heteroatoms. The van der Waals surface area contributed by atoms with E-state index in [1.807, 2.05) is 0 Å². The number of hydrogen-bond donors (Lipinski definition) is 0. The second kappa shape index (κ2) is 4.28. The van der Waals surface area contributed by atoms with Crippen LogP contribution in [-0.2, 0) is 19.1 Å². The molecule has 1 unspecified atom stereocenters. The number of carbonyl (C=O) groups is 2. The van der Waals surface area contributed by atoms with Crippen molar-refractivity contribution < 1.29 is 19.1 Å². The van der Waals surface area contributed by atoms with Crippen molar-refractivity contribution in [3.63, 3.8) is 0 Å². The summed E-state index contributed by atoms with van der Waals surface area (Å²) in [5, 5.41) is 0. The maximum Gasteiger partial charge on any atom is 0.334 e. The van der Waals surface area contributed by atoms with Crippen LogP contribution in [0, 0.1) is 0 Å². The van der Waals surface area contributed by atoms with Crippen LogP contribution in [0.1, 0.15) is 41.0 Å². The van der Waals surface area contributed by atoms with Crippen LogP contribution in [0.2, 0.25) is 0 Å². The van der Waals surface area contributed by atoms with Crippen LogP contribution in [0.3, 0.4) is 0 Å². The number of rotatable bonds is 2. The van der Waals surface area contributed by atoms with E-state index in [1.54, 1.807) is 34.6 Å². The van der Waals surface area contributed by atoms with E-state index in [4.69, 9.17) is 9.47 Å². The molecular formula is C12H18O4. The van der Waals surface area contributed by atoms with Crippen molar-refractivity contribution >= 4 is 11.9 Å². The first-order valence-corrected chi connectivity index (χ1v) is 5.31. The fraction of sp³-hybridized carbons (Fsp3) is 0.667. The summed E-state index contributed by atoms with van der Waals surface area (Å²) < 4.78 is 10.2. The summed E-state index contributed by atoms with van der Waals surface area (Å²) in [6.07, 6.45) is -0.367. The molecule has 1 heterocycles. The number of cyclic esters (lactones) is 1. The Balaban J connectivity index is 2.58. The minimum absolute atomic E-state index is 0.0895. The highest BCUT2D eigenvalue weighted by Gasteiger charge is 2.31. The van der Waals surface area contributed by atoms with Crippen molar-refractivity contribution in [3.05, 3.63) is 11.1 Å². The van der Waals surface area contributed by atoms with Crippen LogP contribution >= 0.6 is 0 Å². The van der Waals surface area contributed by atoms with E-state index >= 15 is 0 Å².